The molecule has 0 bridgehead atoms. The molecule has 12 heavy (non-hydrogen) atoms. The second-order valence-corrected chi connectivity index (χ2v) is 4.36. The van der Waals surface area contributed by atoms with Gasteiger partial charge in [0.25, 0.3) is 0 Å². The van der Waals surface area contributed by atoms with E-state index in [1.807, 2.05) is 11.4 Å². The maximum absolute atomic E-state index is 11.1. The first-order valence-corrected chi connectivity index (χ1v) is 5.24. The molecule has 0 radical (unpaired) electrons. The summed E-state index contributed by atoms with van der Waals surface area (Å²) in [5, 5.41) is 4.95. The minimum Gasteiger partial charge on any atom is -0.306 e. The van der Waals surface area contributed by atoms with Gasteiger partial charge in [0.05, 0.1) is 0 Å². The Morgan fingerprint density at radius 1 is 1.75 bits per heavy atom. The minimum atomic E-state index is -0.152. The average Bonchev–Trinajstić information content (AvgIpc) is 2.37. The first-order valence-electron chi connectivity index (χ1n) is 3.56. The molecule has 2 nitrogen and oxygen atoms in total. The van der Waals surface area contributed by atoms with Crippen LogP contribution in [-0.4, -0.2) is 12.8 Å². The molecule has 0 saturated heterocycles. The van der Waals surface area contributed by atoms with Gasteiger partial charge in [-0.1, -0.05) is 0 Å². The molecule has 0 aliphatic heterocycles. The Morgan fingerprint density at radius 3 is 2.75 bits per heavy atom. The van der Waals surface area contributed by atoms with Crippen LogP contribution in [-0.2, 0) is 4.79 Å². The van der Waals surface area contributed by atoms with Crippen molar-refractivity contribution in [3.63, 3.8) is 0 Å². The predicted octanol–water partition coefficient (Wildman–Crippen LogP) is 2.36. The van der Waals surface area contributed by atoms with E-state index < -0.39 is 0 Å². The van der Waals surface area contributed by atoms with Crippen molar-refractivity contribution < 1.29 is 4.79 Å². The van der Waals surface area contributed by atoms with Crippen molar-refractivity contribution in [2.75, 3.05) is 7.05 Å². The van der Waals surface area contributed by atoms with Crippen LogP contribution < -0.4 is 5.32 Å². The molecule has 1 rings (SSSR count). The van der Waals surface area contributed by atoms with Crippen LogP contribution >= 0.6 is 27.3 Å². The summed E-state index contributed by atoms with van der Waals surface area (Å²) in [7, 11) is 1.79. The van der Waals surface area contributed by atoms with Gasteiger partial charge in [-0.3, -0.25) is 4.79 Å². The number of halogens is 1. The third-order valence-corrected chi connectivity index (χ3v) is 3.33. The Kier molecular flexibility index (Phi) is 3.43. The zero-order chi connectivity index (χ0) is 9.14. The Morgan fingerprint density at radius 2 is 2.42 bits per heavy atom. The summed E-state index contributed by atoms with van der Waals surface area (Å²) in [6, 6.07) is 1.81. The number of nitrogens with one attached hydrogen (secondary N) is 1. The molecule has 0 saturated carbocycles. The van der Waals surface area contributed by atoms with Gasteiger partial charge in [0.2, 0.25) is 0 Å². The molecule has 0 amide bonds. The van der Waals surface area contributed by atoms with Gasteiger partial charge >= 0.3 is 0 Å². The Balaban J connectivity index is 2.87. The van der Waals surface area contributed by atoms with Crippen molar-refractivity contribution in [2.45, 2.75) is 13.0 Å². The number of hydrogen-bond donors (Lipinski definition) is 1. The van der Waals surface area contributed by atoms with Crippen molar-refractivity contribution in [3.8, 4) is 0 Å². The molecule has 0 spiro atoms. The van der Waals surface area contributed by atoms with Gasteiger partial charge in [-0.25, -0.2) is 0 Å². The van der Waals surface area contributed by atoms with Crippen molar-refractivity contribution in [2.24, 2.45) is 0 Å². The summed E-state index contributed by atoms with van der Waals surface area (Å²) in [6.07, 6.45) is 0. The second-order valence-electron chi connectivity index (χ2n) is 2.50. The summed E-state index contributed by atoms with van der Waals surface area (Å²) in [4.78, 5) is 12.2. The van der Waals surface area contributed by atoms with E-state index in [4.69, 9.17) is 0 Å². The van der Waals surface area contributed by atoms with Gasteiger partial charge in [0.1, 0.15) is 6.04 Å². The van der Waals surface area contributed by atoms with Crippen LogP contribution in [0.4, 0.5) is 0 Å². The Labute approximate surface area is 84.1 Å². The van der Waals surface area contributed by atoms with Gasteiger partial charge in [-0.15, -0.1) is 11.3 Å². The van der Waals surface area contributed by atoms with Crippen LogP contribution in [0.15, 0.2) is 15.9 Å². The molecule has 1 aromatic heterocycles. The molecular formula is C8H10BrNOS. The second kappa shape index (κ2) is 4.16. The maximum Gasteiger partial charge on any atom is 0.152 e. The zero-order valence-electron chi connectivity index (χ0n) is 6.93. The third-order valence-electron chi connectivity index (χ3n) is 1.57. The van der Waals surface area contributed by atoms with E-state index in [0.29, 0.717) is 0 Å². The molecule has 1 unspecified atom stereocenters. The van der Waals surface area contributed by atoms with Gasteiger partial charge in [-0.2, -0.15) is 0 Å². The Hall–Kier alpha value is -0.190. The molecule has 0 aromatic carbocycles. The number of carbonyl (C=O) groups excluding carboxylic acids is 1. The van der Waals surface area contributed by atoms with Gasteiger partial charge < -0.3 is 5.32 Å². The predicted molar refractivity (Wildman–Crippen MR) is 54.5 cm³/mol. The fourth-order valence-electron chi connectivity index (χ4n) is 1.03. The summed E-state index contributed by atoms with van der Waals surface area (Å²) in [5.74, 6) is 0.145. The van der Waals surface area contributed by atoms with E-state index in [1.165, 1.54) is 0 Å². The first-order chi connectivity index (χ1) is 5.65. The van der Waals surface area contributed by atoms with E-state index in [2.05, 4.69) is 21.2 Å². The number of rotatable bonds is 3. The quantitative estimate of drug-likeness (QED) is 0.889. The lowest BCUT2D eigenvalue weighted by molar-refractivity contribution is -0.118. The molecule has 1 aromatic rings. The molecule has 0 aliphatic rings. The van der Waals surface area contributed by atoms with Crippen molar-refractivity contribution in [1.82, 2.24) is 5.32 Å². The van der Waals surface area contributed by atoms with Crippen LogP contribution in [0.5, 0.6) is 0 Å². The van der Waals surface area contributed by atoms with Crippen LogP contribution in [0, 0.1) is 0 Å². The highest BCUT2D eigenvalue weighted by Gasteiger charge is 2.15. The minimum absolute atomic E-state index is 0.145. The number of likely N-dealkylation sites (N-methyl/N-ethyl adjacent to an activating group) is 1. The van der Waals surface area contributed by atoms with Crippen LogP contribution in [0.1, 0.15) is 17.8 Å². The van der Waals surface area contributed by atoms with Crippen molar-refractivity contribution in [3.05, 3.63) is 20.8 Å². The first kappa shape index (κ1) is 9.89. The highest BCUT2D eigenvalue weighted by atomic mass is 79.9. The van der Waals surface area contributed by atoms with E-state index in [1.54, 1.807) is 25.3 Å². The normalized spacial score (nSPS) is 12.9. The highest BCUT2D eigenvalue weighted by Crippen LogP contribution is 2.25. The number of carbonyl (C=O) groups is 1. The smallest absolute Gasteiger partial charge is 0.152 e. The van der Waals surface area contributed by atoms with E-state index in [-0.39, 0.29) is 11.8 Å². The van der Waals surface area contributed by atoms with Gasteiger partial charge in [-0.05, 0) is 36.0 Å². The molecule has 1 atom stereocenters. The maximum atomic E-state index is 11.1. The lowest BCUT2D eigenvalue weighted by Gasteiger charge is -2.09. The number of Topliss-reactive ketones (excluding diaryl/α,β-unsaturated/α-hetero) is 1. The molecule has 1 N–H and O–H groups in total. The molecule has 0 fully saturated rings. The summed E-state index contributed by atoms with van der Waals surface area (Å²) in [5.41, 5.74) is 0. The standard InChI is InChI=1S/C8H10BrNOS/c1-5(11)8(10-2)7-3-6(9)4-12-7/h3-4,8,10H,1-2H3. The number of ketones is 1. The van der Waals surface area contributed by atoms with Gasteiger partial charge in [0.15, 0.2) is 5.78 Å². The molecule has 66 valence electrons. The zero-order valence-corrected chi connectivity index (χ0v) is 9.33. The van der Waals surface area contributed by atoms with E-state index in [0.717, 1.165) is 9.35 Å². The third kappa shape index (κ3) is 2.15. The van der Waals surface area contributed by atoms with Crippen molar-refractivity contribution >= 4 is 33.0 Å². The number of thiophene rings is 1. The summed E-state index contributed by atoms with van der Waals surface area (Å²) in [6.45, 7) is 1.59. The Bertz CT molecular complexity index is 284. The topological polar surface area (TPSA) is 29.1 Å². The summed E-state index contributed by atoms with van der Waals surface area (Å²) >= 11 is 4.93. The fourth-order valence-corrected chi connectivity index (χ4v) is 2.64. The lowest BCUT2D eigenvalue weighted by Crippen LogP contribution is -2.22. The lowest BCUT2D eigenvalue weighted by atomic mass is 10.2. The average molecular weight is 248 g/mol. The number of hydrogen-bond acceptors (Lipinski definition) is 3. The highest BCUT2D eigenvalue weighted by molar-refractivity contribution is 9.10. The summed E-state index contributed by atoms with van der Waals surface area (Å²) < 4.78 is 1.03. The molecule has 4 heteroatoms. The van der Waals surface area contributed by atoms with Crippen LogP contribution in [0.25, 0.3) is 0 Å². The molecular weight excluding hydrogens is 238 g/mol. The van der Waals surface area contributed by atoms with E-state index >= 15 is 0 Å². The SMILES string of the molecule is CNC(C(C)=O)c1cc(Br)cs1. The van der Waals surface area contributed by atoms with Crippen LogP contribution in [0.3, 0.4) is 0 Å². The van der Waals surface area contributed by atoms with Crippen LogP contribution in [0.2, 0.25) is 0 Å². The monoisotopic (exact) mass is 247 g/mol. The fraction of sp³-hybridized carbons (Fsp3) is 0.375. The van der Waals surface area contributed by atoms with E-state index in [9.17, 15) is 4.79 Å². The molecule has 1 heterocycles. The molecule has 0 aliphatic carbocycles. The van der Waals surface area contributed by atoms with Crippen molar-refractivity contribution in [1.29, 1.82) is 0 Å². The van der Waals surface area contributed by atoms with Gasteiger partial charge in [0, 0.05) is 14.7 Å². The largest absolute Gasteiger partial charge is 0.306 e.